The van der Waals surface area contributed by atoms with E-state index in [0.717, 1.165) is 5.56 Å². The first kappa shape index (κ1) is 31.4. The number of nitrogens with one attached hydrogen (secondary N) is 1. The van der Waals surface area contributed by atoms with Crippen molar-refractivity contribution in [2.45, 2.75) is 56.7 Å². The van der Waals surface area contributed by atoms with Gasteiger partial charge in [-0.15, -0.1) is 0 Å². The fraction of sp³-hybridized carbons (Fsp3) is 0.464. The quantitative estimate of drug-likeness (QED) is 0.465. The van der Waals surface area contributed by atoms with Gasteiger partial charge in [0.15, 0.2) is 0 Å². The van der Waals surface area contributed by atoms with Crippen LogP contribution in [0.3, 0.4) is 0 Å². The summed E-state index contributed by atoms with van der Waals surface area (Å²) in [6, 6.07) is 11.0. The lowest BCUT2D eigenvalue weighted by Crippen LogP contribution is -2.57. The van der Waals surface area contributed by atoms with E-state index >= 15 is 0 Å². The van der Waals surface area contributed by atoms with Crippen molar-refractivity contribution in [1.82, 2.24) is 14.5 Å². The predicted octanol–water partition coefficient (Wildman–Crippen LogP) is 3.23. The molecule has 2 amide bonds. The second kappa shape index (κ2) is 13.0. The number of sulfonamides is 1. The number of nitrogens with zero attached hydrogens (tertiary/aromatic N) is 2. The van der Waals surface area contributed by atoms with Crippen LogP contribution in [0, 0.1) is 6.92 Å². The first-order valence-corrected chi connectivity index (χ1v) is 15.4. The summed E-state index contributed by atoms with van der Waals surface area (Å²) in [7, 11) is -0.795. The Morgan fingerprint density at radius 1 is 1.07 bits per heavy atom. The van der Waals surface area contributed by atoms with Crippen LogP contribution in [0.5, 0.6) is 5.75 Å². The maximum Gasteiger partial charge on any atom is 0.414 e. The molecule has 2 aromatic carbocycles. The largest absolute Gasteiger partial charge is 0.458 e. The van der Waals surface area contributed by atoms with Gasteiger partial charge in [-0.05, 0) is 57.5 Å². The van der Waals surface area contributed by atoms with Crippen molar-refractivity contribution in [3.63, 3.8) is 0 Å². The molecule has 1 fully saturated rings. The summed E-state index contributed by atoms with van der Waals surface area (Å²) >= 11 is 1.48. The number of benzene rings is 2. The number of esters is 1. The Balaban J connectivity index is 1.82. The lowest BCUT2D eigenvalue weighted by Gasteiger charge is -2.34. The van der Waals surface area contributed by atoms with Crippen LogP contribution in [0.15, 0.2) is 53.4 Å². The number of rotatable bonds is 8. The SMILES string of the molecule is Cc1ccc(S(=O)(=O)N2CCSC[C@H]2C(=O)N[C@@H](Cc2ccc(OC(=O)N(C)C)cc2)C(=O)OC(C)(C)C)cc1. The van der Waals surface area contributed by atoms with Crippen LogP contribution in [-0.4, -0.2) is 85.4 Å². The highest BCUT2D eigenvalue weighted by molar-refractivity contribution is 7.99. The van der Waals surface area contributed by atoms with Crippen LogP contribution in [0.25, 0.3) is 0 Å². The van der Waals surface area contributed by atoms with Crippen molar-refractivity contribution in [2.75, 3.05) is 32.1 Å². The average molecular weight is 592 g/mol. The molecule has 3 rings (SSSR count). The van der Waals surface area contributed by atoms with Crippen molar-refractivity contribution < 1.29 is 32.3 Å². The van der Waals surface area contributed by atoms with E-state index in [9.17, 15) is 22.8 Å². The van der Waals surface area contributed by atoms with Gasteiger partial charge in [0.1, 0.15) is 23.4 Å². The van der Waals surface area contributed by atoms with Gasteiger partial charge in [0.25, 0.3) is 0 Å². The summed E-state index contributed by atoms with van der Waals surface area (Å²) in [5, 5.41) is 2.76. The zero-order valence-corrected chi connectivity index (χ0v) is 25.3. The molecule has 218 valence electrons. The molecule has 0 radical (unpaired) electrons. The summed E-state index contributed by atoms with van der Waals surface area (Å²) in [6.07, 6.45) is -0.435. The molecule has 1 aliphatic heterocycles. The number of hydrogen-bond donors (Lipinski definition) is 1. The third-order valence-corrected chi connectivity index (χ3v) is 8.90. The van der Waals surface area contributed by atoms with E-state index in [4.69, 9.17) is 9.47 Å². The molecule has 1 aliphatic rings. The number of carbonyl (C=O) groups is 3. The molecule has 0 aliphatic carbocycles. The summed E-state index contributed by atoms with van der Waals surface area (Å²) < 4.78 is 39.0. The molecule has 10 nitrogen and oxygen atoms in total. The third kappa shape index (κ3) is 8.45. The van der Waals surface area contributed by atoms with Gasteiger partial charge in [-0.25, -0.2) is 18.0 Å². The normalized spacial score (nSPS) is 17.0. The Bertz CT molecular complexity index is 1300. The average Bonchev–Trinajstić information content (AvgIpc) is 2.88. The fourth-order valence-corrected chi connectivity index (χ4v) is 6.73. The van der Waals surface area contributed by atoms with Crippen molar-refractivity contribution in [3.05, 3.63) is 59.7 Å². The summed E-state index contributed by atoms with van der Waals surface area (Å²) in [5.41, 5.74) is 0.806. The number of thioether (sulfide) groups is 1. The molecule has 1 N–H and O–H groups in total. The number of ether oxygens (including phenoxy) is 2. The van der Waals surface area contributed by atoms with E-state index in [0.29, 0.717) is 17.1 Å². The molecule has 2 aromatic rings. The second-order valence-electron chi connectivity index (χ2n) is 10.7. The van der Waals surface area contributed by atoms with Gasteiger partial charge in [0, 0.05) is 38.6 Å². The van der Waals surface area contributed by atoms with E-state index in [2.05, 4.69) is 5.32 Å². The van der Waals surface area contributed by atoms with Crippen LogP contribution in [-0.2, 0) is 30.8 Å². The summed E-state index contributed by atoms with van der Waals surface area (Å²) in [4.78, 5) is 39.9. The molecule has 12 heteroatoms. The van der Waals surface area contributed by atoms with Crippen LogP contribution in [0.2, 0.25) is 0 Å². The minimum atomic E-state index is -3.94. The first-order valence-electron chi connectivity index (χ1n) is 12.8. The molecule has 0 aromatic heterocycles. The monoisotopic (exact) mass is 591 g/mol. The molecule has 2 atom stereocenters. The van der Waals surface area contributed by atoms with E-state index in [-0.39, 0.29) is 23.6 Å². The van der Waals surface area contributed by atoms with E-state index in [1.165, 1.54) is 33.1 Å². The number of amides is 2. The molecule has 0 unspecified atom stereocenters. The second-order valence-corrected chi connectivity index (χ2v) is 13.8. The van der Waals surface area contributed by atoms with Gasteiger partial charge in [0.2, 0.25) is 15.9 Å². The predicted molar refractivity (Wildman–Crippen MR) is 154 cm³/mol. The van der Waals surface area contributed by atoms with Gasteiger partial charge in [-0.3, -0.25) is 4.79 Å². The molecule has 0 spiro atoms. The molecule has 40 heavy (non-hydrogen) atoms. The Morgan fingerprint density at radius 3 is 2.27 bits per heavy atom. The number of hydrogen-bond acceptors (Lipinski definition) is 8. The number of carbonyl (C=O) groups excluding carboxylic acids is 3. The van der Waals surface area contributed by atoms with Gasteiger partial charge in [-0.2, -0.15) is 16.1 Å². The zero-order valence-electron chi connectivity index (χ0n) is 23.7. The summed E-state index contributed by atoms with van der Waals surface area (Å²) in [6.45, 7) is 7.22. The molecule has 1 heterocycles. The highest BCUT2D eigenvalue weighted by Crippen LogP contribution is 2.26. The maximum absolute atomic E-state index is 13.6. The lowest BCUT2D eigenvalue weighted by molar-refractivity contribution is -0.158. The van der Waals surface area contributed by atoms with Crippen LogP contribution < -0.4 is 10.1 Å². The molecular weight excluding hydrogens is 554 g/mol. The van der Waals surface area contributed by atoms with E-state index in [1.54, 1.807) is 71.3 Å². The van der Waals surface area contributed by atoms with E-state index < -0.39 is 45.7 Å². The van der Waals surface area contributed by atoms with Crippen molar-refractivity contribution in [1.29, 1.82) is 0 Å². The maximum atomic E-state index is 13.6. The summed E-state index contributed by atoms with van der Waals surface area (Å²) in [5.74, 6) is -0.0777. The minimum Gasteiger partial charge on any atom is -0.458 e. The fourth-order valence-electron chi connectivity index (χ4n) is 3.88. The Morgan fingerprint density at radius 2 is 1.70 bits per heavy atom. The Labute approximate surface area is 240 Å². The smallest absolute Gasteiger partial charge is 0.414 e. The molecular formula is C28H37N3O7S2. The number of aryl methyl sites for hydroxylation is 1. The zero-order chi connectivity index (χ0) is 29.7. The van der Waals surface area contributed by atoms with Crippen molar-refractivity contribution in [3.8, 4) is 5.75 Å². The lowest BCUT2D eigenvalue weighted by atomic mass is 10.0. The van der Waals surface area contributed by atoms with Gasteiger partial charge in [0.05, 0.1) is 4.90 Å². The molecule has 0 saturated carbocycles. The Kier molecular flexibility index (Phi) is 10.3. The standard InChI is InChI=1S/C28H37N3O7S2/c1-19-7-13-22(14-8-19)40(35,36)31-15-16-39-18-24(31)25(32)29-23(26(33)38-28(2,3)4)17-20-9-11-21(12-10-20)37-27(34)30(5)6/h7-14,23-24H,15-18H2,1-6H3,(H,29,32)/t23-,24-/m0/s1. The highest BCUT2D eigenvalue weighted by Gasteiger charge is 2.39. The third-order valence-electron chi connectivity index (χ3n) is 5.95. The minimum absolute atomic E-state index is 0.0904. The van der Waals surface area contributed by atoms with Crippen molar-refractivity contribution in [2.24, 2.45) is 0 Å². The van der Waals surface area contributed by atoms with Gasteiger partial charge in [-0.1, -0.05) is 29.8 Å². The topological polar surface area (TPSA) is 122 Å². The van der Waals surface area contributed by atoms with Crippen LogP contribution in [0.1, 0.15) is 31.9 Å². The first-order chi connectivity index (χ1) is 18.7. The highest BCUT2D eigenvalue weighted by atomic mass is 32.2. The Hall–Kier alpha value is -3.09. The molecule has 1 saturated heterocycles. The van der Waals surface area contributed by atoms with Crippen LogP contribution >= 0.6 is 11.8 Å². The molecule has 0 bridgehead atoms. The van der Waals surface area contributed by atoms with Gasteiger partial charge < -0.3 is 19.7 Å². The van der Waals surface area contributed by atoms with E-state index in [1.807, 2.05) is 6.92 Å². The van der Waals surface area contributed by atoms with Crippen molar-refractivity contribution >= 4 is 39.8 Å². The van der Waals surface area contributed by atoms with Gasteiger partial charge >= 0.3 is 12.1 Å². The van der Waals surface area contributed by atoms with Crippen LogP contribution in [0.4, 0.5) is 4.79 Å².